The number of rotatable bonds is 3. The topological polar surface area (TPSA) is 101 Å². The van der Waals surface area contributed by atoms with Crippen molar-refractivity contribution in [3.8, 4) is 6.07 Å². The van der Waals surface area contributed by atoms with Gasteiger partial charge in [0.25, 0.3) is 0 Å². The average molecular weight is 241 g/mol. The van der Waals surface area contributed by atoms with Gasteiger partial charge in [-0.15, -0.1) is 0 Å². The van der Waals surface area contributed by atoms with Crippen molar-refractivity contribution in [1.82, 2.24) is 5.43 Å². The number of amides is 1. The molecule has 94 valence electrons. The maximum atomic E-state index is 11.2. The number of esters is 1. The molecule has 7 heteroatoms. The predicted molar refractivity (Wildman–Crippen MR) is 59.1 cm³/mol. The standard InChI is InChI=1S/C10H15N3O4/c1-5-16-8(14)7(6-11)12-13-9(15)17-10(2,3)4/h5H2,1-4H3,(H,13,15)/b12-7+. The van der Waals surface area contributed by atoms with E-state index in [1.165, 1.54) is 6.07 Å². The van der Waals surface area contributed by atoms with Gasteiger partial charge in [-0.3, -0.25) is 0 Å². The minimum absolute atomic E-state index is 0.117. The Bertz CT molecular complexity index is 363. The van der Waals surface area contributed by atoms with Crippen molar-refractivity contribution >= 4 is 17.8 Å². The first-order chi connectivity index (χ1) is 7.80. The molecule has 0 aliphatic rings. The molecule has 0 radical (unpaired) electrons. The van der Waals surface area contributed by atoms with Gasteiger partial charge in [0.15, 0.2) is 0 Å². The molecule has 0 atom stereocenters. The van der Waals surface area contributed by atoms with Crippen molar-refractivity contribution in [2.45, 2.75) is 33.3 Å². The molecular weight excluding hydrogens is 226 g/mol. The van der Waals surface area contributed by atoms with Crippen LogP contribution >= 0.6 is 0 Å². The lowest BCUT2D eigenvalue weighted by atomic mass is 10.2. The first-order valence-electron chi connectivity index (χ1n) is 4.94. The molecule has 0 heterocycles. The summed E-state index contributed by atoms with van der Waals surface area (Å²) in [5, 5.41) is 11.9. The van der Waals surface area contributed by atoms with Crippen LogP contribution in [0.4, 0.5) is 4.79 Å². The van der Waals surface area contributed by atoms with Gasteiger partial charge in [0.1, 0.15) is 11.7 Å². The molecule has 0 spiro atoms. The Balaban J connectivity index is 4.44. The van der Waals surface area contributed by atoms with Gasteiger partial charge in [0.05, 0.1) is 6.61 Å². The van der Waals surface area contributed by atoms with E-state index < -0.39 is 23.4 Å². The summed E-state index contributed by atoms with van der Waals surface area (Å²) in [4.78, 5) is 22.3. The van der Waals surface area contributed by atoms with Gasteiger partial charge in [-0.2, -0.15) is 10.4 Å². The monoisotopic (exact) mass is 241 g/mol. The lowest BCUT2D eigenvalue weighted by molar-refractivity contribution is -0.134. The number of carbonyl (C=O) groups is 2. The van der Waals surface area contributed by atoms with Crippen LogP contribution in [0.2, 0.25) is 0 Å². The molecule has 0 aliphatic heterocycles. The number of hydrogen-bond acceptors (Lipinski definition) is 6. The van der Waals surface area contributed by atoms with Gasteiger partial charge < -0.3 is 9.47 Å². The van der Waals surface area contributed by atoms with E-state index in [1.54, 1.807) is 27.7 Å². The van der Waals surface area contributed by atoms with Crippen LogP contribution in [-0.2, 0) is 14.3 Å². The van der Waals surface area contributed by atoms with Crippen molar-refractivity contribution in [2.24, 2.45) is 5.10 Å². The third-order valence-electron chi connectivity index (χ3n) is 1.23. The zero-order chi connectivity index (χ0) is 13.5. The summed E-state index contributed by atoms with van der Waals surface area (Å²) in [7, 11) is 0. The fourth-order valence-corrected chi connectivity index (χ4v) is 0.718. The van der Waals surface area contributed by atoms with Crippen LogP contribution in [-0.4, -0.2) is 30.0 Å². The van der Waals surface area contributed by atoms with Crippen LogP contribution in [0.5, 0.6) is 0 Å². The highest BCUT2D eigenvalue weighted by molar-refractivity contribution is 6.43. The lowest BCUT2D eigenvalue weighted by Crippen LogP contribution is -2.31. The van der Waals surface area contributed by atoms with Crippen LogP contribution in [0.15, 0.2) is 5.10 Å². The number of hydrazone groups is 1. The first kappa shape index (κ1) is 14.9. The molecule has 0 rings (SSSR count). The summed E-state index contributed by atoms with van der Waals surface area (Å²) < 4.78 is 9.40. The van der Waals surface area contributed by atoms with E-state index in [1.807, 2.05) is 5.43 Å². The number of nitrogens with zero attached hydrogens (tertiary/aromatic N) is 2. The summed E-state index contributed by atoms with van der Waals surface area (Å²) in [5.74, 6) is -0.897. The maximum absolute atomic E-state index is 11.2. The van der Waals surface area contributed by atoms with Crippen LogP contribution < -0.4 is 5.43 Å². The molecule has 0 unspecified atom stereocenters. The summed E-state index contributed by atoms with van der Waals surface area (Å²) in [6.07, 6.45) is -0.852. The largest absolute Gasteiger partial charge is 0.461 e. The first-order valence-corrected chi connectivity index (χ1v) is 4.94. The fourth-order valence-electron chi connectivity index (χ4n) is 0.718. The van der Waals surface area contributed by atoms with Gasteiger partial charge in [0.2, 0.25) is 5.71 Å². The Labute approximate surface area is 99.4 Å². The quantitative estimate of drug-likeness (QED) is 0.450. The molecule has 0 saturated heterocycles. The van der Waals surface area contributed by atoms with E-state index in [-0.39, 0.29) is 6.61 Å². The molecule has 1 N–H and O–H groups in total. The van der Waals surface area contributed by atoms with Gasteiger partial charge in [-0.25, -0.2) is 15.0 Å². The molecule has 0 aromatic heterocycles. The van der Waals surface area contributed by atoms with Gasteiger partial charge >= 0.3 is 12.1 Å². The Morgan fingerprint density at radius 1 is 1.41 bits per heavy atom. The van der Waals surface area contributed by atoms with Crippen LogP contribution in [0.25, 0.3) is 0 Å². The Morgan fingerprint density at radius 2 is 2.00 bits per heavy atom. The minimum Gasteiger partial charge on any atom is -0.461 e. The molecule has 1 amide bonds. The van der Waals surface area contributed by atoms with Crippen LogP contribution in [0, 0.1) is 11.3 Å². The second-order valence-corrected chi connectivity index (χ2v) is 3.91. The molecule has 0 bridgehead atoms. The molecular formula is C10H15N3O4. The Morgan fingerprint density at radius 3 is 2.41 bits per heavy atom. The van der Waals surface area contributed by atoms with E-state index in [0.29, 0.717) is 0 Å². The van der Waals surface area contributed by atoms with E-state index in [2.05, 4.69) is 9.84 Å². The predicted octanol–water partition coefficient (Wildman–Crippen LogP) is 0.954. The Kier molecular flexibility index (Phi) is 5.68. The highest BCUT2D eigenvalue weighted by Crippen LogP contribution is 2.06. The van der Waals surface area contributed by atoms with Gasteiger partial charge in [0, 0.05) is 0 Å². The summed E-state index contributed by atoms with van der Waals surface area (Å²) in [5.41, 5.74) is 0.705. The lowest BCUT2D eigenvalue weighted by Gasteiger charge is -2.18. The highest BCUT2D eigenvalue weighted by atomic mass is 16.6. The zero-order valence-electron chi connectivity index (χ0n) is 10.2. The van der Waals surface area contributed by atoms with Crippen molar-refractivity contribution in [1.29, 1.82) is 5.26 Å². The maximum Gasteiger partial charge on any atom is 0.428 e. The van der Waals surface area contributed by atoms with Gasteiger partial charge in [-0.05, 0) is 27.7 Å². The third kappa shape index (κ3) is 6.89. The highest BCUT2D eigenvalue weighted by Gasteiger charge is 2.17. The molecule has 0 saturated carbocycles. The van der Waals surface area contributed by atoms with Crippen molar-refractivity contribution < 1.29 is 19.1 Å². The van der Waals surface area contributed by atoms with Crippen molar-refractivity contribution in [3.05, 3.63) is 0 Å². The Hall–Kier alpha value is -2.10. The average Bonchev–Trinajstić information content (AvgIpc) is 2.16. The van der Waals surface area contributed by atoms with Crippen molar-refractivity contribution in [2.75, 3.05) is 6.61 Å². The SMILES string of the molecule is CCOC(=O)/C(C#N)=N/NC(=O)OC(C)(C)C. The molecule has 0 aliphatic carbocycles. The summed E-state index contributed by atoms with van der Waals surface area (Å²) >= 11 is 0. The second kappa shape index (κ2) is 6.48. The normalized spacial score (nSPS) is 11.4. The number of nitrogens with one attached hydrogen (secondary N) is 1. The second-order valence-electron chi connectivity index (χ2n) is 3.91. The van der Waals surface area contributed by atoms with Crippen molar-refractivity contribution in [3.63, 3.8) is 0 Å². The summed E-state index contributed by atoms with van der Waals surface area (Å²) in [6, 6.07) is 1.51. The fraction of sp³-hybridized carbons (Fsp3) is 0.600. The number of nitriles is 1. The number of ether oxygens (including phenoxy) is 2. The van der Waals surface area contributed by atoms with E-state index in [0.717, 1.165) is 0 Å². The van der Waals surface area contributed by atoms with Gasteiger partial charge in [-0.1, -0.05) is 0 Å². The van der Waals surface area contributed by atoms with E-state index in [9.17, 15) is 9.59 Å². The molecule has 0 aromatic carbocycles. The van der Waals surface area contributed by atoms with Crippen LogP contribution in [0.3, 0.4) is 0 Å². The van der Waals surface area contributed by atoms with E-state index >= 15 is 0 Å². The minimum atomic E-state index is -0.897. The number of hydrogen-bond donors (Lipinski definition) is 1. The smallest absolute Gasteiger partial charge is 0.428 e. The molecule has 0 fully saturated rings. The number of carbonyl (C=O) groups excluding carboxylic acids is 2. The third-order valence-corrected chi connectivity index (χ3v) is 1.23. The van der Waals surface area contributed by atoms with Crippen LogP contribution in [0.1, 0.15) is 27.7 Å². The molecule has 17 heavy (non-hydrogen) atoms. The van der Waals surface area contributed by atoms with E-state index in [4.69, 9.17) is 10.00 Å². The molecule has 7 nitrogen and oxygen atoms in total. The summed E-state index contributed by atoms with van der Waals surface area (Å²) in [6.45, 7) is 6.73. The zero-order valence-corrected chi connectivity index (χ0v) is 10.2. The molecule has 0 aromatic rings.